The van der Waals surface area contributed by atoms with E-state index in [1.165, 1.54) is 12.1 Å². The molecule has 5 heteroatoms. The summed E-state index contributed by atoms with van der Waals surface area (Å²) in [5.74, 6) is 1.33. The van der Waals surface area contributed by atoms with Crippen LogP contribution in [0.25, 0.3) is 11.3 Å². The van der Waals surface area contributed by atoms with Crippen molar-refractivity contribution >= 4 is 11.6 Å². The summed E-state index contributed by atoms with van der Waals surface area (Å²) in [5, 5.41) is 0.343. The Bertz CT molecular complexity index is 749. The zero-order valence-electron chi connectivity index (χ0n) is 16.3. The van der Waals surface area contributed by atoms with E-state index in [0.717, 1.165) is 17.8 Å². The van der Waals surface area contributed by atoms with Crippen LogP contribution in [0, 0.1) is 17.7 Å². The second-order valence-electron chi connectivity index (χ2n) is 7.15. The minimum absolute atomic E-state index is 0.343. The summed E-state index contributed by atoms with van der Waals surface area (Å²) in [4.78, 5) is 9.48. The van der Waals surface area contributed by atoms with E-state index in [0.29, 0.717) is 53.4 Å². The van der Waals surface area contributed by atoms with Crippen LogP contribution in [0.1, 0.15) is 52.4 Å². The first-order chi connectivity index (χ1) is 12.3. The Morgan fingerprint density at radius 3 is 2.35 bits per heavy atom. The second-order valence-corrected chi connectivity index (χ2v) is 7.55. The maximum Gasteiger partial charge on any atom is 0.235 e. The number of benzene rings is 1. The molecule has 1 unspecified atom stereocenters. The Labute approximate surface area is 161 Å². The zero-order valence-corrected chi connectivity index (χ0v) is 17.0. The molecule has 0 aliphatic rings. The van der Waals surface area contributed by atoms with Crippen LogP contribution in [0.2, 0.25) is 5.02 Å². The molecule has 1 heterocycles. The molecule has 0 aliphatic carbocycles. The highest BCUT2D eigenvalue weighted by Gasteiger charge is 2.17. The van der Waals surface area contributed by atoms with Gasteiger partial charge in [-0.25, -0.2) is 14.4 Å². The molecule has 0 bridgehead atoms. The van der Waals surface area contributed by atoms with Gasteiger partial charge in [0.25, 0.3) is 0 Å². The Balaban J connectivity index is 2.35. The molecule has 0 N–H and O–H groups in total. The average Bonchev–Trinajstić information content (AvgIpc) is 2.58. The molecule has 0 saturated heterocycles. The van der Waals surface area contributed by atoms with Gasteiger partial charge in [0.15, 0.2) is 0 Å². The number of aromatic nitrogens is 2. The van der Waals surface area contributed by atoms with Crippen molar-refractivity contribution in [3.63, 3.8) is 0 Å². The molecule has 26 heavy (non-hydrogen) atoms. The van der Waals surface area contributed by atoms with Crippen molar-refractivity contribution in [3.05, 3.63) is 40.4 Å². The topological polar surface area (TPSA) is 35.0 Å². The summed E-state index contributed by atoms with van der Waals surface area (Å²) in [6, 6.07) is 4.36. The molecular formula is C21H28ClFN2O. The molecule has 2 rings (SSSR count). The van der Waals surface area contributed by atoms with Gasteiger partial charge in [-0.1, -0.05) is 46.2 Å². The number of ether oxygens (including phenoxy) is 1. The van der Waals surface area contributed by atoms with E-state index in [1.807, 2.05) is 13.8 Å². The van der Waals surface area contributed by atoms with Crippen LogP contribution in [0.4, 0.5) is 4.39 Å². The van der Waals surface area contributed by atoms with Crippen LogP contribution in [0.3, 0.4) is 0 Å². The molecule has 1 atom stereocenters. The smallest absolute Gasteiger partial charge is 0.235 e. The van der Waals surface area contributed by atoms with Crippen LogP contribution in [-0.2, 0) is 12.8 Å². The lowest BCUT2D eigenvalue weighted by molar-refractivity contribution is 0.228. The number of rotatable bonds is 8. The highest BCUT2D eigenvalue weighted by atomic mass is 35.5. The van der Waals surface area contributed by atoms with Crippen LogP contribution in [-0.4, -0.2) is 16.6 Å². The van der Waals surface area contributed by atoms with Gasteiger partial charge in [-0.15, -0.1) is 0 Å². The molecule has 0 saturated carbocycles. The fraction of sp³-hybridized carbons (Fsp3) is 0.524. The van der Waals surface area contributed by atoms with Crippen molar-refractivity contribution in [3.8, 4) is 17.1 Å². The van der Waals surface area contributed by atoms with Gasteiger partial charge in [0.05, 0.1) is 23.0 Å². The summed E-state index contributed by atoms with van der Waals surface area (Å²) in [7, 11) is 0. The molecule has 0 aliphatic heterocycles. The predicted octanol–water partition coefficient (Wildman–Crippen LogP) is 6.12. The summed E-state index contributed by atoms with van der Waals surface area (Å²) in [5.41, 5.74) is 3.01. The van der Waals surface area contributed by atoms with Gasteiger partial charge in [-0.3, -0.25) is 0 Å². The number of nitrogens with zero attached hydrogens (tertiary/aromatic N) is 2. The number of hydrogen-bond donors (Lipinski definition) is 0. The lowest BCUT2D eigenvalue weighted by atomic mass is 10.00. The Hall–Kier alpha value is -1.68. The van der Waals surface area contributed by atoms with Gasteiger partial charge in [-0.2, -0.15) is 0 Å². The first-order valence-electron chi connectivity index (χ1n) is 9.33. The number of aryl methyl sites for hydroxylation is 2. The molecule has 1 aromatic heterocycles. The maximum absolute atomic E-state index is 13.4. The third-order valence-corrected chi connectivity index (χ3v) is 4.55. The van der Waals surface area contributed by atoms with Gasteiger partial charge in [0.2, 0.25) is 5.88 Å². The largest absolute Gasteiger partial charge is 0.476 e. The molecule has 1 aromatic carbocycles. The highest BCUT2D eigenvalue weighted by molar-refractivity contribution is 6.33. The van der Waals surface area contributed by atoms with Crippen LogP contribution in [0.15, 0.2) is 18.2 Å². The fourth-order valence-corrected chi connectivity index (χ4v) is 3.33. The molecule has 0 amide bonds. The molecule has 0 spiro atoms. The Kier molecular flexibility index (Phi) is 7.39. The second kappa shape index (κ2) is 9.31. The van der Waals surface area contributed by atoms with Crippen LogP contribution >= 0.6 is 11.6 Å². The van der Waals surface area contributed by atoms with Gasteiger partial charge < -0.3 is 4.74 Å². The lowest BCUT2D eigenvalue weighted by Gasteiger charge is -2.18. The lowest BCUT2D eigenvalue weighted by Crippen LogP contribution is -2.14. The molecule has 2 aromatic rings. The Morgan fingerprint density at radius 2 is 1.77 bits per heavy atom. The number of hydrogen-bond acceptors (Lipinski definition) is 3. The first-order valence-corrected chi connectivity index (χ1v) is 9.71. The van der Waals surface area contributed by atoms with Crippen molar-refractivity contribution in [2.75, 3.05) is 6.61 Å². The first kappa shape index (κ1) is 20.6. The normalized spacial score (nSPS) is 12.5. The molecule has 0 radical (unpaired) electrons. The van der Waals surface area contributed by atoms with E-state index in [4.69, 9.17) is 26.3 Å². The van der Waals surface area contributed by atoms with Gasteiger partial charge in [0, 0.05) is 5.56 Å². The summed E-state index contributed by atoms with van der Waals surface area (Å²) >= 11 is 6.24. The standard InChI is InChI=1S/C21H28ClFN2O/c1-6-18-20(16-9-8-15(23)11-17(16)22)24-19(7-2)21(25-18)26-12-14(5)10-13(3)4/h8-9,11,13-14H,6-7,10,12H2,1-5H3. The SMILES string of the molecule is CCc1nc(-c2ccc(F)cc2Cl)c(CC)nc1OCC(C)CC(C)C. The van der Waals surface area contributed by atoms with Gasteiger partial charge in [0.1, 0.15) is 11.5 Å². The van der Waals surface area contributed by atoms with Crippen LogP contribution < -0.4 is 4.74 Å². The third kappa shape index (κ3) is 5.16. The minimum atomic E-state index is -0.362. The quantitative estimate of drug-likeness (QED) is 0.554. The third-order valence-electron chi connectivity index (χ3n) is 4.24. The molecular weight excluding hydrogens is 351 g/mol. The van der Waals surface area contributed by atoms with E-state index in [-0.39, 0.29) is 5.82 Å². The van der Waals surface area contributed by atoms with E-state index in [1.54, 1.807) is 6.07 Å². The molecule has 0 fully saturated rings. The van der Waals surface area contributed by atoms with Crippen molar-refractivity contribution in [1.29, 1.82) is 0 Å². The summed E-state index contributed by atoms with van der Waals surface area (Å²) in [6.07, 6.45) is 2.51. The van der Waals surface area contributed by atoms with E-state index in [9.17, 15) is 4.39 Å². The number of halogens is 2. The van der Waals surface area contributed by atoms with E-state index >= 15 is 0 Å². The minimum Gasteiger partial charge on any atom is -0.476 e. The van der Waals surface area contributed by atoms with Gasteiger partial charge >= 0.3 is 0 Å². The predicted molar refractivity (Wildman–Crippen MR) is 105 cm³/mol. The molecule has 3 nitrogen and oxygen atoms in total. The van der Waals surface area contributed by atoms with Crippen molar-refractivity contribution in [2.24, 2.45) is 11.8 Å². The fourth-order valence-electron chi connectivity index (χ4n) is 3.07. The zero-order chi connectivity index (χ0) is 19.3. The average molecular weight is 379 g/mol. The van der Waals surface area contributed by atoms with Gasteiger partial charge in [-0.05, 0) is 49.3 Å². The summed E-state index contributed by atoms with van der Waals surface area (Å²) in [6.45, 7) is 11.3. The van der Waals surface area contributed by atoms with Crippen molar-refractivity contribution in [2.45, 2.75) is 53.9 Å². The van der Waals surface area contributed by atoms with Crippen LogP contribution in [0.5, 0.6) is 5.88 Å². The van der Waals surface area contributed by atoms with E-state index in [2.05, 4.69) is 20.8 Å². The molecule has 142 valence electrons. The summed E-state index contributed by atoms with van der Waals surface area (Å²) < 4.78 is 19.4. The van der Waals surface area contributed by atoms with Crippen molar-refractivity contribution < 1.29 is 9.13 Å². The van der Waals surface area contributed by atoms with E-state index < -0.39 is 0 Å². The highest BCUT2D eigenvalue weighted by Crippen LogP contribution is 2.31. The Morgan fingerprint density at radius 1 is 1.08 bits per heavy atom. The van der Waals surface area contributed by atoms with Crippen molar-refractivity contribution in [1.82, 2.24) is 9.97 Å². The maximum atomic E-state index is 13.4. The monoisotopic (exact) mass is 378 g/mol.